The molecular formula is C15H20ClF3N2O. The van der Waals surface area contributed by atoms with Gasteiger partial charge in [0, 0.05) is 18.2 Å². The summed E-state index contributed by atoms with van der Waals surface area (Å²) in [6.07, 6.45) is -0.982. The average molecular weight is 337 g/mol. The molecule has 0 radical (unpaired) electrons. The number of halogens is 4. The topological polar surface area (TPSA) is 46.3 Å². The minimum atomic E-state index is -4.44. The van der Waals surface area contributed by atoms with E-state index in [1.807, 2.05) is 0 Å². The van der Waals surface area contributed by atoms with Gasteiger partial charge < -0.3 is 10.6 Å². The van der Waals surface area contributed by atoms with Crippen LogP contribution >= 0.6 is 12.4 Å². The second-order valence-electron chi connectivity index (χ2n) is 5.30. The number of nitrogens with two attached hydrogens (primary N) is 1. The lowest BCUT2D eigenvalue weighted by molar-refractivity contribution is -0.137. The summed E-state index contributed by atoms with van der Waals surface area (Å²) in [5.41, 5.74) is 4.86. The number of likely N-dealkylation sites (tertiary alicyclic amines) is 1. The van der Waals surface area contributed by atoms with Gasteiger partial charge in [0.15, 0.2) is 0 Å². The number of amides is 1. The lowest BCUT2D eigenvalue weighted by Crippen LogP contribution is -2.44. The fourth-order valence-corrected chi connectivity index (χ4v) is 2.75. The van der Waals surface area contributed by atoms with E-state index in [1.165, 1.54) is 12.1 Å². The van der Waals surface area contributed by atoms with Crippen LogP contribution in [0.3, 0.4) is 0 Å². The highest BCUT2D eigenvalue weighted by atomic mass is 35.5. The molecule has 1 aliphatic heterocycles. The van der Waals surface area contributed by atoms with Gasteiger partial charge in [-0.15, -0.1) is 12.4 Å². The maximum absolute atomic E-state index is 12.7. The lowest BCUT2D eigenvalue weighted by Gasteiger charge is -2.35. The van der Waals surface area contributed by atoms with E-state index in [2.05, 4.69) is 0 Å². The second kappa shape index (κ2) is 7.83. The number of rotatable bonds is 3. The van der Waals surface area contributed by atoms with Crippen LogP contribution in [0.25, 0.3) is 0 Å². The number of piperidine rings is 1. The molecule has 3 nitrogen and oxygen atoms in total. The van der Waals surface area contributed by atoms with E-state index in [9.17, 15) is 18.0 Å². The summed E-state index contributed by atoms with van der Waals surface area (Å²) < 4.78 is 38.2. The quantitative estimate of drug-likeness (QED) is 0.918. The van der Waals surface area contributed by atoms with Crippen molar-refractivity contribution in [1.82, 2.24) is 4.90 Å². The molecule has 1 aliphatic rings. The van der Waals surface area contributed by atoms with Gasteiger partial charge in [-0.2, -0.15) is 13.2 Å². The molecule has 0 aromatic heterocycles. The summed E-state index contributed by atoms with van der Waals surface area (Å²) in [7, 11) is 0. The molecule has 0 bridgehead atoms. The van der Waals surface area contributed by atoms with Gasteiger partial charge in [-0.25, -0.2) is 0 Å². The van der Waals surface area contributed by atoms with Crippen LogP contribution in [-0.4, -0.2) is 29.9 Å². The molecule has 1 unspecified atom stereocenters. The molecule has 1 amide bonds. The van der Waals surface area contributed by atoms with Crippen molar-refractivity contribution in [2.24, 2.45) is 5.73 Å². The Morgan fingerprint density at radius 2 is 2.05 bits per heavy atom. The Balaban J connectivity index is 0.00000242. The van der Waals surface area contributed by atoms with Crippen molar-refractivity contribution in [3.05, 3.63) is 35.4 Å². The first-order chi connectivity index (χ1) is 9.93. The number of nitrogens with zero attached hydrogens (tertiary/aromatic N) is 1. The van der Waals surface area contributed by atoms with Gasteiger partial charge in [-0.05, 0) is 50.4 Å². The fraction of sp³-hybridized carbons (Fsp3) is 0.533. The average Bonchev–Trinajstić information content (AvgIpc) is 2.47. The monoisotopic (exact) mass is 336 g/mol. The third kappa shape index (κ3) is 4.36. The molecule has 0 saturated carbocycles. The third-order valence-corrected chi connectivity index (χ3v) is 3.82. The van der Waals surface area contributed by atoms with E-state index < -0.39 is 11.7 Å². The van der Waals surface area contributed by atoms with E-state index in [4.69, 9.17) is 5.73 Å². The zero-order valence-electron chi connectivity index (χ0n) is 12.1. The summed E-state index contributed by atoms with van der Waals surface area (Å²) >= 11 is 0. The molecule has 22 heavy (non-hydrogen) atoms. The van der Waals surface area contributed by atoms with Crippen molar-refractivity contribution in [2.45, 2.75) is 37.9 Å². The predicted molar refractivity (Wildman–Crippen MR) is 81.0 cm³/mol. The minimum absolute atomic E-state index is 0. The van der Waals surface area contributed by atoms with Crippen LogP contribution in [0.5, 0.6) is 0 Å². The van der Waals surface area contributed by atoms with Crippen molar-refractivity contribution >= 4 is 18.3 Å². The van der Waals surface area contributed by atoms with Crippen LogP contribution < -0.4 is 5.73 Å². The molecule has 124 valence electrons. The molecule has 2 rings (SSSR count). The molecule has 2 N–H and O–H groups in total. The van der Waals surface area contributed by atoms with Crippen molar-refractivity contribution in [3.8, 4) is 0 Å². The standard InChI is InChI=1S/C15H19F3N2O.ClH/c16-15(17,18)12-5-3-4-11(10-12)14(21)20-9-2-1-6-13(20)7-8-19;/h3-5,10,13H,1-2,6-9,19H2;1H. The summed E-state index contributed by atoms with van der Waals surface area (Å²) in [5.74, 6) is -0.334. The van der Waals surface area contributed by atoms with E-state index >= 15 is 0 Å². The normalized spacial score (nSPS) is 18.7. The lowest BCUT2D eigenvalue weighted by atomic mass is 9.98. The number of hydrogen-bond donors (Lipinski definition) is 1. The van der Waals surface area contributed by atoms with E-state index in [-0.39, 0.29) is 29.9 Å². The van der Waals surface area contributed by atoms with Crippen LogP contribution in [0.2, 0.25) is 0 Å². The molecule has 1 heterocycles. The highest BCUT2D eigenvalue weighted by Crippen LogP contribution is 2.30. The predicted octanol–water partition coefficient (Wildman–Crippen LogP) is 3.47. The summed E-state index contributed by atoms with van der Waals surface area (Å²) in [4.78, 5) is 14.2. The summed E-state index contributed by atoms with van der Waals surface area (Å²) in [5, 5.41) is 0. The molecule has 1 fully saturated rings. The van der Waals surface area contributed by atoms with Crippen molar-refractivity contribution in [3.63, 3.8) is 0 Å². The number of benzene rings is 1. The number of carbonyl (C=O) groups excluding carboxylic acids is 1. The Hall–Kier alpha value is -1.27. The van der Waals surface area contributed by atoms with Crippen molar-refractivity contribution < 1.29 is 18.0 Å². The van der Waals surface area contributed by atoms with E-state index in [0.717, 1.165) is 31.4 Å². The van der Waals surface area contributed by atoms with Crippen LogP contribution in [0.1, 0.15) is 41.6 Å². The van der Waals surface area contributed by atoms with Gasteiger partial charge in [0.25, 0.3) is 5.91 Å². The SMILES string of the molecule is Cl.NCCC1CCCCN1C(=O)c1cccc(C(F)(F)F)c1. The Morgan fingerprint density at radius 3 is 2.68 bits per heavy atom. The molecule has 1 aromatic rings. The molecule has 1 atom stereocenters. The molecular weight excluding hydrogens is 317 g/mol. The maximum atomic E-state index is 12.7. The van der Waals surface area contributed by atoms with Crippen LogP contribution in [-0.2, 0) is 6.18 Å². The highest BCUT2D eigenvalue weighted by Gasteiger charge is 2.32. The van der Waals surface area contributed by atoms with E-state index in [1.54, 1.807) is 4.90 Å². The first-order valence-corrected chi connectivity index (χ1v) is 7.12. The number of alkyl halides is 3. The molecule has 1 aromatic carbocycles. The number of carbonyl (C=O) groups is 1. The number of hydrogen-bond acceptors (Lipinski definition) is 2. The first kappa shape index (κ1) is 18.8. The van der Waals surface area contributed by atoms with Gasteiger partial charge in [0.1, 0.15) is 0 Å². The molecule has 1 saturated heterocycles. The van der Waals surface area contributed by atoms with Gasteiger partial charge >= 0.3 is 6.18 Å². The zero-order chi connectivity index (χ0) is 15.5. The summed E-state index contributed by atoms with van der Waals surface area (Å²) in [6.45, 7) is 1.05. The van der Waals surface area contributed by atoms with Gasteiger partial charge in [0.05, 0.1) is 5.56 Å². The van der Waals surface area contributed by atoms with Crippen LogP contribution in [0.4, 0.5) is 13.2 Å². The Morgan fingerprint density at radius 1 is 1.32 bits per heavy atom. The third-order valence-electron chi connectivity index (χ3n) is 3.82. The molecule has 0 spiro atoms. The van der Waals surface area contributed by atoms with E-state index in [0.29, 0.717) is 19.5 Å². The largest absolute Gasteiger partial charge is 0.416 e. The second-order valence-corrected chi connectivity index (χ2v) is 5.30. The fourth-order valence-electron chi connectivity index (χ4n) is 2.75. The molecule has 0 aliphatic carbocycles. The maximum Gasteiger partial charge on any atom is 0.416 e. The Bertz CT molecular complexity index is 506. The van der Waals surface area contributed by atoms with Crippen LogP contribution in [0, 0.1) is 0 Å². The van der Waals surface area contributed by atoms with Crippen molar-refractivity contribution in [1.29, 1.82) is 0 Å². The highest BCUT2D eigenvalue weighted by molar-refractivity contribution is 5.94. The summed E-state index contributed by atoms with van der Waals surface area (Å²) in [6, 6.07) is 4.65. The zero-order valence-corrected chi connectivity index (χ0v) is 12.9. The minimum Gasteiger partial charge on any atom is -0.336 e. The van der Waals surface area contributed by atoms with Gasteiger partial charge in [-0.1, -0.05) is 6.07 Å². The smallest absolute Gasteiger partial charge is 0.336 e. The van der Waals surface area contributed by atoms with Crippen LogP contribution in [0.15, 0.2) is 24.3 Å². The van der Waals surface area contributed by atoms with Gasteiger partial charge in [-0.3, -0.25) is 4.79 Å². The van der Waals surface area contributed by atoms with Crippen molar-refractivity contribution in [2.75, 3.05) is 13.1 Å². The first-order valence-electron chi connectivity index (χ1n) is 7.12. The van der Waals surface area contributed by atoms with Gasteiger partial charge in [0.2, 0.25) is 0 Å². The Labute approximate surface area is 134 Å². The molecule has 7 heteroatoms. The Kier molecular flexibility index (Phi) is 6.68.